The summed E-state index contributed by atoms with van der Waals surface area (Å²) in [5.41, 5.74) is 0.502. The van der Waals surface area contributed by atoms with Gasteiger partial charge in [-0.15, -0.1) is 10.2 Å². The highest BCUT2D eigenvalue weighted by Crippen LogP contribution is 2.33. The molecule has 148 valence electrons. The van der Waals surface area contributed by atoms with Crippen LogP contribution < -0.4 is 19.2 Å². The third-order valence-corrected chi connectivity index (χ3v) is 5.60. The number of ether oxygens (including phenoxy) is 3. The van der Waals surface area contributed by atoms with Gasteiger partial charge in [0.15, 0.2) is 17.3 Å². The Morgan fingerprint density at radius 1 is 1.17 bits per heavy atom. The van der Waals surface area contributed by atoms with E-state index in [4.69, 9.17) is 25.8 Å². The van der Waals surface area contributed by atoms with Gasteiger partial charge in [0, 0.05) is 16.3 Å². The summed E-state index contributed by atoms with van der Waals surface area (Å²) >= 11 is 7.55. The number of fused-ring (bicyclic) bond motifs is 2. The molecule has 0 N–H and O–H groups in total. The van der Waals surface area contributed by atoms with E-state index in [1.807, 2.05) is 12.1 Å². The first-order valence-corrected chi connectivity index (χ1v) is 10.2. The van der Waals surface area contributed by atoms with Crippen LogP contribution in [0.1, 0.15) is 16.2 Å². The second-order valence-electron chi connectivity index (χ2n) is 6.30. The number of halogens is 1. The quantitative estimate of drug-likeness (QED) is 0.629. The lowest BCUT2D eigenvalue weighted by atomic mass is 10.2. The molecular formula is C19H15ClN4O4S. The first-order chi connectivity index (χ1) is 14.2. The molecule has 2 aliphatic heterocycles. The van der Waals surface area contributed by atoms with Crippen LogP contribution in [0.15, 0.2) is 47.6 Å². The van der Waals surface area contributed by atoms with Crippen molar-refractivity contribution >= 4 is 29.3 Å². The van der Waals surface area contributed by atoms with Crippen molar-refractivity contribution in [2.45, 2.75) is 11.8 Å². The van der Waals surface area contributed by atoms with Crippen molar-refractivity contribution in [1.29, 1.82) is 0 Å². The van der Waals surface area contributed by atoms with Gasteiger partial charge in [-0.3, -0.25) is 4.79 Å². The number of hydrogen-bond donors (Lipinski definition) is 0. The van der Waals surface area contributed by atoms with Gasteiger partial charge in [-0.1, -0.05) is 29.4 Å². The summed E-state index contributed by atoms with van der Waals surface area (Å²) in [7, 11) is 0. The van der Waals surface area contributed by atoms with Crippen molar-refractivity contribution < 1.29 is 19.0 Å². The van der Waals surface area contributed by atoms with Gasteiger partial charge in [0.25, 0.3) is 5.91 Å². The molecule has 5 rings (SSSR count). The highest BCUT2D eigenvalue weighted by molar-refractivity contribution is 7.99. The van der Waals surface area contributed by atoms with E-state index >= 15 is 0 Å². The molecule has 2 aliphatic rings. The largest absolute Gasteiger partial charge is 0.485 e. The molecule has 10 heteroatoms. The molecule has 1 aromatic heterocycles. The maximum Gasteiger partial charge on any atom is 0.272 e. The van der Waals surface area contributed by atoms with Crippen LogP contribution in [-0.4, -0.2) is 39.9 Å². The summed E-state index contributed by atoms with van der Waals surface area (Å²) < 4.78 is 18.2. The summed E-state index contributed by atoms with van der Waals surface area (Å²) in [6, 6.07) is 12.3. The number of benzene rings is 2. The molecule has 3 aromatic rings. The summed E-state index contributed by atoms with van der Waals surface area (Å²) in [4.78, 5) is 13.2. The highest BCUT2D eigenvalue weighted by Gasteiger charge is 2.29. The highest BCUT2D eigenvalue weighted by atomic mass is 35.5. The lowest BCUT2D eigenvalue weighted by molar-refractivity contribution is 0.0952. The van der Waals surface area contributed by atoms with Crippen LogP contribution in [0.5, 0.6) is 17.2 Å². The first-order valence-electron chi connectivity index (χ1n) is 8.86. The first kappa shape index (κ1) is 18.1. The minimum absolute atomic E-state index is 0.152. The second kappa shape index (κ2) is 7.49. The van der Waals surface area contributed by atoms with E-state index in [9.17, 15) is 4.79 Å². The van der Waals surface area contributed by atoms with Crippen molar-refractivity contribution in [1.82, 2.24) is 14.9 Å². The lowest BCUT2D eigenvalue weighted by Crippen LogP contribution is -2.45. The maximum absolute atomic E-state index is 13.2. The fraction of sp³-hybridized carbons (Fsp3) is 0.211. The summed E-state index contributed by atoms with van der Waals surface area (Å²) in [6.45, 7) is 0.833. The average molecular weight is 431 g/mol. The number of aromatic nitrogens is 3. The van der Waals surface area contributed by atoms with Crippen LogP contribution >= 0.6 is 23.4 Å². The number of carbonyl (C=O) groups is 1. The molecule has 2 aromatic carbocycles. The Morgan fingerprint density at radius 3 is 2.97 bits per heavy atom. The minimum Gasteiger partial charge on any atom is -0.485 e. The molecule has 29 heavy (non-hydrogen) atoms. The number of carbonyl (C=O) groups excluding carboxylic acids is 1. The standard InChI is InChI=1S/C19H15ClN4O4S/c20-13-2-1-3-14(9-13)26-10-17-21-22-19-24(17)23(6-7-29-19)18(25)12-4-5-15-16(8-12)28-11-27-15/h1-5,8-9H,6-7,10-11H2. The molecule has 0 spiro atoms. The number of thioether (sulfide) groups is 1. The molecule has 0 radical (unpaired) electrons. The van der Waals surface area contributed by atoms with Gasteiger partial charge in [-0.05, 0) is 36.4 Å². The minimum atomic E-state index is -0.173. The van der Waals surface area contributed by atoms with Gasteiger partial charge in [-0.25, -0.2) is 9.69 Å². The van der Waals surface area contributed by atoms with Crippen LogP contribution in [-0.2, 0) is 6.61 Å². The van der Waals surface area contributed by atoms with E-state index in [2.05, 4.69) is 10.2 Å². The molecule has 0 aliphatic carbocycles. The van der Waals surface area contributed by atoms with Crippen LogP contribution in [0.2, 0.25) is 5.02 Å². The smallest absolute Gasteiger partial charge is 0.272 e. The molecule has 1 amide bonds. The van der Waals surface area contributed by atoms with Crippen LogP contribution in [0, 0.1) is 0 Å². The van der Waals surface area contributed by atoms with Gasteiger partial charge in [-0.2, -0.15) is 0 Å². The van der Waals surface area contributed by atoms with Crippen LogP contribution in [0.3, 0.4) is 0 Å². The Morgan fingerprint density at radius 2 is 2.07 bits per heavy atom. The van der Waals surface area contributed by atoms with Crippen molar-refractivity contribution in [3.05, 3.63) is 58.9 Å². The molecule has 0 unspecified atom stereocenters. The number of nitrogens with zero attached hydrogens (tertiary/aromatic N) is 4. The molecule has 0 saturated carbocycles. The molecule has 0 atom stereocenters. The number of hydrogen-bond acceptors (Lipinski definition) is 7. The fourth-order valence-corrected chi connectivity index (χ4v) is 4.17. The number of rotatable bonds is 4. The Hall–Kier alpha value is -2.91. The average Bonchev–Trinajstić information content (AvgIpc) is 3.38. The zero-order valence-electron chi connectivity index (χ0n) is 15.1. The van der Waals surface area contributed by atoms with E-state index in [1.54, 1.807) is 51.8 Å². The number of amides is 1. The molecule has 0 bridgehead atoms. The predicted molar refractivity (Wildman–Crippen MR) is 107 cm³/mol. The van der Waals surface area contributed by atoms with E-state index in [1.165, 1.54) is 0 Å². The fourth-order valence-electron chi connectivity index (χ4n) is 3.12. The maximum atomic E-state index is 13.2. The van der Waals surface area contributed by atoms with Gasteiger partial charge in [0.2, 0.25) is 11.9 Å². The Balaban J connectivity index is 1.41. The van der Waals surface area contributed by atoms with Crippen LogP contribution in [0.4, 0.5) is 0 Å². The SMILES string of the molecule is O=C(c1ccc2c(c1)OCO2)N1CCSc2nnc(COc3cccc(Cl)c3)n21. The summed E-state index contributed by atoms with van der Waals surface area (Å²) in [5.74, 6) is 2.90. The third kappa shape index (κ3) is 3.47. The van der Waals surface area contributed by atoms with E-state index in [0.29, 0.717) is 45.4 Å². The van der Waals surface area contributed by atoms with Gasteiger partial charge in [0.1, 0.15) is 12.4 Å². The molecular weight excluding hydrogens is 416 g/mol. The predicted octanol–water partition coefficient (Wildman–Crippen LogP) is 3.12. The van der Waals surface area contributed by atoms with Crippen molar-refractivity contribution in [2.75, 3.05) is 24.1 Å². The van der Waals surface area contributed by atoms with E-state index in [0.717, 1.165) is 5.75 Å². The monoisotopic (exact) mass is 430 g/mol. The Labute approximate surface area is 175 Å². The topological polar surface area (TPSA) is 78.7 Å². The van der Waals surface area contributed by atoms with E-state index < -0.39 is 0 Å². The van der Waals surface area contributed by atoms with Gasteiger partial charge < -0.3 is 14.2 Å². The molecule has 8 nitrogen and oxygen atoms in total. The third-order valence-electron chi connectivity index (χ3n) is 4.47. The van der Waals surface area contributed by atoms with Gasteiger partial charge >= 0.3 is 0 Å². The molecule has 0 fully saturated rings. The normalized spacial score (nSPS) is 14.6. The lowest BCUT2D eigenvalue weighted by Gasteiger charge is -2.29. The Bertz CT molecular complexity index is 1090. The van der Waals surface area contributed by atoms with Gasteiger partial charge in [0.05, 0.1) is 6.54 Å². The van der Waals surface area contributed by atoms with Crippen LogP contribution in [0.25, 0.3) is 0 Å². The Kier molecular flexibility index (Phi) is 4.69. The molecule has 0 saturated heterocycles. The van der Waals surface area contributed by atoms with Crippen molar-refractivity contribution in [3.63, 3.8) is 0 Å². The van der Waals surface area contributed by atoms with Crippen molar-refractivity contribution in [2.24, 2.45) is 0 Å². The summed E-state index contributed by atoms with van der Waals surface area (Å²) in [6.07, 6.45) is 0. The van der Waals surface area contributed by atoms with Crippen molar-refractivity contribution in [3.8, 4) is 17.2 Å². The zero-order chi connectivity index (χ0) is 19.8. The summed E-state index contributed by atoms with van der Waals surface area (Å²) in [5, 5.41) is 11.3. The second-order valence-corrected chi connectivity index (χ2v) is 7.80. The zero-order valence-corrected chi connectivity index (χ0v) is 16.7. The molecule has 3 heterocycles. The van der Waals surface area contributed by atoms with E-state index in [-0.39, 0.29) is 19.3 Å².